The molecule has 2 aliphatic rings. The van der Waals surface area contributed by atoms with Crippen LogP contribution in [0.2, 0.25) is 0 Å². The third-order valence-electron chi connectivity index (χ3n) is 9.32. The molecular weight excluding hydrogens is 696 g/mol. The highest BCUT2D eigenvalue weighted by Crippen LogP contribution is 2.49. The van der Waals surface area contributed by atoms with Crippen molar-refractivity contribution in [2.75, 3.05) is 42.7 Å². The number of morpholine rings is 1. The first-order valence-corrected chi connectivity index (χ1v) is 16.7. The molecule has 2 aliphatic heterocycles. The first-order valence-electron chi connectivity index (χ1n) is 16.7. The number of ether oxygens (including phenoxy) is 2. The predicted molar refractivity (Wildman–Crippen MR) is 177 cm³/mol. The molecule has 3 N–H and O–H groups in total. The Kier molecular flexibility index (Phi) is 11.3. The van der Waals surface area contributed by atoms with E-state index in [1.54, 1.807) is 25.3 Å². The Morgan fingerprint density at radius 3 is 2.40 bits per heavy atom. The van der Waals surface area contributed by atoms with Gasteiger partial charge in [0.1, 0.15) is 5.66 Å². The molecule has 2 atom stereocenters. The number of carbonyl (C=O) groups is 2. The minimum Gasteiger partial charge on any atom is -0.481 e. The molecule has 10 nitrogen and oxygen atoms in total. The fourth-order valence-electron chi connectivity index (χ4n) is 6.64. The van der Waals surface area contributed by atoms with Crippen LogP contribution in [0, 0.1) is 11.3 Å². The number of unbranched alkanes of at least 4 members (excludes halogenated alkanes) is 1. The second-order valence-electron chi connectivity index (χ2n) is 12.8. The summed E-state index contributed by atoms with van der Waals surface area (Å²) in [6, 6.07) is 9.37. The minimum atomic E-state index is -4.76. The van der Waals surface area contributed by atoms with Gasteiger partial charge in [-0.3, -0.25) is 14.7 Å². The van der Waals surface area contributed by atoms with Crippen molar-refractivity contribution in [1.29, 1.82) is 5.26 Å². The van der Waals surface area contributed by atoms with E-state index in [9.17, 15) is 41.2 Å². The van der Waals surface area contributed by atoms with Crippen molar-refractivity contribution in [1.82, 2.24) is 4.98 Å². The van der Waals surface area contributed by atoms with Gasteiger partial charge in [-0.05, 0) is 91.3 Å². The third-order valence-corrected chi connectivity index (χ3v) is 9.32. The molecule has 0 spiro atoms. The van der Waals surface area contributed by atoms with Crippen LogP contribution in [0.5, 0.6) is 0 Å². The molecule has 0 unspecified atom stereocenters. The van der Waals surface area contributed by atoms with E-state index in [1.807, 2.05) is 4.90 Å². The van der Waals surface area contributed by atoms with E-state index < -0.39 is 47.1 Å². The van der Waals surface area contributed by atoms with Crippen molar-refractivity contribution in [2.24, 2.45) is 5.73 Å². The second-order valence-corrected chi connectivity index (χ2v) is 12.8. The van der Waals surface area contributed by atoms with Gasteiger partial charge >= 0.3 is 24.4 Å². The Labute approximate surface area is 295 Å². The number of aliphatic carboxylic acids is 1. The maximum absolute atomic E-state index is 14.2. The Morgan fingerprint density at radius 2 is 1.77 bits per heavy atom. The average molecular weight is 734 g/mol. The number of carboxylic acid groups (broad SMARTS) is 1. The van der Waals surface area contributed by atoms with E-state index in [1.165, 1.54) is 6.07 Å². The van der Waals surface area contributed by atoms with Crippen molar-refractivity contribution >= 4 is 23.4 Å². The lowest BCUT2D eigenvalue weighted by Gasteiger charge is -2.47. The van der Waals surface area contributed by atoms with Crippen LogP contribution in [0.4, 0.5) is 42.5 Å². The largest absolute Gasteiger partial charge is 0.481 e. The molecule has 0 bridgehead atoms. The van der Waals surface area contributed by atoms with Crippen molar-refractivity contribution in [3.05, 3.63) is 87.7 Å². The molecule has 1 fully saturated rings. The van der Waals surface area contributed by atoms with Crippen LogP contribution in [0.1, 0.15) is 84.0 Å². The van der Waals surface area contributed by atoms with Gasteiger partial charge in [0.25, 0.3) is 0 Å². The summed E-state index contributed by atoms with van der Waals surface area (Å²) in [5, 5.41) is 18.4. The van der Waals surface area contributed by atoms with E-state index in [0.717, 1.165) is 35.2 Å². The average Bonchev–Trinajstić information content (AvgIpc) is 3.10. The summed E-state index contributed by atoms with van der Waals surface area (Å²) >= 11 is 0. The maximum Gasteiger partial charge on any atom is 0.416 e. The van der Waals surface area contributed by atoms with Gasteiger partial charge in [-0.2, -0.15) is 31.6 Å². The van der Waals surface area contributed by atoms with Crippen molar-refractivity contribution in [3.8, 4) is 6.07 Å². The van der Waals surface area contributed by atoms with Crippen LogP contribution < -0.4 is 15.5 Å². The molecule has 0 saturated carbocycles. The van der Waals surface area contributed by atoms with E-state index >= 15 is 0 Å². The molecular formula is C36H37F6N5O5. The van der Waals surface area contributed by atoms with Gasteiger partial charge in [0.15, 0.2) is 0 Å². The molecule has 0 aliphatic carbocycles. The summed E-state index contributed by atoms with van der Waals surface area (Å²) in [6.45, 7) is 3.38. The number of nitrogens with two attached hydrogens (primary N) is 1. The van der Waals surface area contributed by atoms with Gasteiger partial charge in [0.05, 0.1) is 65.8 Å². The van der Waals surface area contributed by atoms with Crippen LogP contribution >= 0.6 is 0 Å². The van der Waals surface area contributed by atoms with E-state index in [-0.39, 0.29) is 73.2 Å². The number of benzene rings is 2. The van der Waals surface area contributed by atoms with Crippen molar-refractivity contribution < 1.29 is 50.5 Å². The maximum atomic E-state index is 14.2. The Balaban J connectivity index is 1.64. The predicted octanol–water partition coefficient (Wildman–Crippen LogP) is 7.22. The number of carbonyl (C=O) groups excluding carboxylic acids is 1. The molecule has 2 aromatic carbocycles. The Morgan fingerprint density at radius 1 is 1.06 bits per heavy atom. The molecule has 1 saturated heterocycles. The lowest BCUT2D eigenvalue weighted by Crippen LogP contribution is -2.61. The van der Waals surface area contributed by atoms with Crippen LogP contribution in [-0.4, -0.2) is 60.7 Å². The summed E-state index contributed by atoms with van der Waals surface area (Å²) in [5.41, 5.74) is 4.66. The highest BCUT2D eigenvalue weighted by molar-refractivity contribution is 5.91. The summed E-state index contributed by atoms with van der Waals surface area (Å²) in [6.07, 6.45) is -8.74. The first-order chi connectivity index (χ1) is 24.5. The number of rotatable bonds is 10. The van der Waals surface area contributed by atoms with E-state index in [4.69, 9.17) is 25.3 Å². The zero-order valence-electron chi connectivity index (χ0n) is 28.2. The quantitative estimate of drug-likeness (QED) is 0.163. The van der Waals surface area contributed by atoms with E-state index in [0.29, 0.717) is 37.6 Å². The van der Waals surface area contributed by atoms with Gasteiger partial charge in [0.2, 0.25) is 0 Å². The van der Waals surface area contributed by atoms with Crippen LogP contribution in [0.15, 0.2) is 48.7 Å². The van der Waals surface area contributed by atoms with Crippen molar-refractivity contribution in [2.45, 2.75) is 69.4 Å². The van der Waals surface area contributed by atoms with Crippen LogP contribution in [0.25, 0.3) is 0 Å². The first kappa shape index (κ1) is 38.4. The number of fused-ring (bicyclic) bond motifs is 1. The number of hydrogen-bond donors (Lipinski definition) is 2. The number of hydrogen-bond acceptors (Lipinski definition) is 8. The number of nitriles is 1. The minimum absolute atomic E-state index is 0.0416. The highest BCUT2D eigenvalue weighted by Gasteiger charge is 2.47. The fourth-order valence-corrected chi connectivity index (χ4v) is 6.64. The molecule has 278 valence electrons. The zero-order valence-corrected chi connectivity index (χ0v) is 28.2. The van der Waals surface area contributed by atoms with Gasteiger partial charge in [0, 0.05) is 25.4 Å². The number of halogens is 6. The summed E-state index contributed by atoms with van der Waals surface area (Å²) in [7, 11) is 0. The van der Waals surface area contributed by atoms with Crippen LogP contribution in [-0.2, 0) is 33.0 Å². The SMILES string of the molecule is CC[C@]1(N)C[C@H](c2ncc(N3CCOCC3)cc2Cc2cc(C#N)cc(C(F)(F)F)c2)c2cc(C(F)(F)F)ccc2N1C(=O)OCCCCC(=O)O. The molecule has 0 radical (unpaired) electrons. The normalized spacial score (nSPS) is 19.2. The summed E-state index contributed by atoms with van der Waals surface area (Å²) in [5.74, 6) is -1.98. The standard InChI is InChI=1S/C36H37F6N5O5/c1-2-34(44)19-29(28-18-25(35(37,38)39)6-7-30(28)47(34)33(50)52-10-4-3-5-31(48)49)32-24(17-27(21-45-32)46-8-11-51-12-9-46)14-22-13-23(20-43)16-26(15-22)36(40,41)42/h6-7,13,15-18,21,29H,2-5,8-12,14,19,44H2,1H3,(H,48,49)/t29-,34+/m0/s1. The number of aromatic nitrogens is 1. The number of amides is 1. The second kappa shape index (κ2) is 15.4. The van der Waals surface area contributed by atoms with E-state index in [2.05, 4.69) is 0 Å². The summed E-state index contributed by atoms with van der Waals surface area (Å²) < 4.78 is 95.0. The topological polar surface area (TPSA) is 142 Å². The van der Waals surface area contributed by atoms with Gasteiger partial charge in [-0.15, -0.1) is 0 Å². The molecule has 52 heavy (non-hydrogen) atoms. The van der Waals surface area contributed by atoms with Gasteiger partial charge in [-0.25, -0.2) is 4.79 Å². The smallest absolute Gasteiger partial charge is 0.416 e. The van der Waals surface area contributed by atoms with Crippen LogP contribution in [0.3, 0.4) is 0 Å². The van der Waals surface area contributed by atoms with Gasteiger partial charge in [-0.1, -0.05) is 6.92 Å². The number of nitrogens with zero attached hydrogens (tertiary/aromatic N) is 4. The number of pyridine rings is 1. The lowest BCUT2D eigenvalue weighted by molar-refractivity contribution is -0.138. The molecule has 3 aromatic rings. The Bertz CT molecular complexity index is 1840. The van der Waals surface area contributed by atoms with Gasteiger partial charge < -0.3 is 25.2 Å². The molecule has 16 heteroatoms. The monoisotopic (exact) mass is 733 g/mol. The molecule has 1 aromatic heterocycles. The summed E-state index contributed by atoms with van der Waals surface area (Å²) in [4.78, 5) is 32.3. The lowest BCUT2D eigenvalue weighted by atomic mass is 9.77. The third kappa shape index (κ3) is 8.59. The fraction of sp³-hybridized carbons (Fsp3) is 0.444. The highest BCUT2D eigenvalue weighted by atomic mass is 19.4. The number of alkyl halides is 6. The number of carboxylic acids is 1. The molecule has 5 rings (SSSR count). The molecule has 3 heterocycles. The zero-order chi connectivity index (χ0) is 37.8. The number of anilines is 2. The molecule has 1 amide bonds. The van der Waals surface area contributed by atoms with Crippen molar-refractivity contribution in [3.63, 3.8) is 0 Å². The Hall–Kier alpha value is -4.88.